The highest BCUT2D eigenvalue weighted by Crippen LogP contribution is 2.43. The summed E-state index contributed by atoms with van der Waals surface area (Å²) in [5.74, 6) is 0.834. The van der Waals surface area contributed by atoms with Crippen molar-refractivity contribution in [3.05, 3.63) is 28.8 Å². The molecule has 2 nitrogen and oxygen atoms in total. The van der Waals surface area contributed by atoms with E-state index in [-0.39, 0.29) is 16.2 Å². The number of hydrogen-bond donors (Lipinski definition) is 1. The molecule has 0 bridgehead atoms. The molecule has 1 fully saturated rings. The van der Waals surface area contributed by atoms with Crippen LogP contribution in [0.25, 0.3) is 0 Å². The molecule has 1 N–H and O–H groups in total. The van der Waals surface area contributed by atoms with Gasteiger partial charge in [0.2, 0.25) is 0 Å². The minimum Gasteiger partial charge on any atom is -0.333 e. The van der Waals surface area contributed by atoms with E-state index in [4.69, 9.17) is 11.6 Å². The van der Waals surface area contributed by atoms with E-state index in [0.717, 1.165) is 37.5 Å². The summed E-state index contributed by atoms with van der Waals surface area (Å²) in [4.78, 5) is 4.62. The summed E-state index contributed by atoms with van der Waals surface area (Å²) in [7, 11) is 0. The van der Waals surface area contributed by atoms with Crippen LogP contribution in [0, 0.1) is 0 Å². The Morgan fingerprint density at radius 3 is 2.62 bits per heavy atom. The Bertz CT molecular complexity index is 580. The van der Waals surface area contributed by atoms with Gasteiger partial charge in [0.1, 0.15) is 0 Å². The van der Waals surface area contributed by atoms with Crippen LogP contribution in [-0.4, -0.2) is 16.5 Å². The Kier molecular flexibility index (Phi) is 3.86. The summed E-state index contributed by atoms with van der Waals surface area (Å²) in [5, 5.41) is 3.39. The summed E-state index contributed by atoms with van der Waals surface area (Å²) in [5.41, 5.74) is -0.939. The average Bonchev–Trinajstić information content (AvgIpc) is 3.02. The number of nitrogens with one attached hydrogen (secondary N) is 1. The third-order valence-corrected chi connectivity index (χ3v) is 5.36. The summed E-state index contributed by atoms with van der Waals surface area (Å²) < 4.78 is 39.2. The third-order valence-electron chi connectivity index (χ3n) is 3.90. The Morgan fingerprint density at radius 1 is 1.24 bits per heavy atom. The zero-order valence-electron chi connectivity index (χ0n) is 11.1. The topological polar surface area (TPSA) is 24.4 Å². The van der Waals surface area contributed by atoms with E-state index in [1.165, 1.54) is 23.9 Å². The molecule has 0 atom stereocenters. The van der Waals surface area contributed by atoms with Gasteiger partial charge in [-0.25, -0.2) is 0 Å². The lowest BCUT2D eigenvalue weighted by Crippen LogP contribution is -2.21. The van der Waals surface area contributed by atoms with Gasteiger partial charge in [-0.1, -0.05) is 42.3 Å². The van der Waals surface area contributed by atoms with Gasteiger partial charge in [0, 0.05) is 5.75 Å². The van der Waals surface area contributed by atoms with E-state index in [1.54, 1.807) is 0 Å². The molecule has 2 aliphatic rings. The Balaban J connectivity index is 1.89. The molecule has 21 heavy (non-hydrogen) atoms. The summed E-state index contributed by atoms with van der Waals surface area (Å²) in [6.07, 6.45) is -0.143. The molecule has 0 radical (unpaired) electrons. The quantitative estimate of drug-likeness (QED) is 0.764. The van der Waals surface area contributed by atoms with Crippen LogP contribution in [0.5, 0.6) is 0 Å². The summed E-state index contributed by atoms with van der Waals surface area (Å²) in [6.45, 7) is 0. The van der Waals surface area contributed by atoms with Crippen LogP contribution >= 0.6 is 23.4 Å². The van der Waals surface area contributed by atoms with Crippen molar-refractivity contribution in [3.63, 3.8) is 0 Å². The van der Waals surface area contributed by atoms with Crippen LogP contribution in [0.3, 0.4) is 0 Å². The zero-order valence-corrected chi connectivity index (χ0v) is 12.7. The highest BCUT2D eigenvalue weighted by atomic mass is 35.5. The van der Waals surface area contributed by atoms with Gasteiger partial charge in [-0.15, -0.1) is 0 Å². The largest absolute Gasteiger partial charge is 0.418 e. The van der Waals surface area contributed by atoms with E-state index >= 15 is 0 Å². The Labute approximate surface area is 130 Å². The van der Waals surface area contributed by atoms with Crippen LogP contribution in [0.1, 0.15) is 31.2 Å². The fraction of sp³-hybridized carbons (Fsp3) is 0.500. The van der Waals surface area contributed by atoms with Crippen molar-refractivity contribution in [2.24, 2.45) is 4.99 Å². The van der Waals surface area contributed by atoms with Crippen molar-refractivity contribution in [1.29, 1.82) is 0 Å². The lowest BCUT2D eigenvalue weighted by Gasteiger charge is -2.17. The van der Waals surface area contributed by atoms with E-state index in [9.17, 15) is 13.2 Å². The van der Waals surface area contributed by atoms with Gasteiger partial charge in [-0.2, -0.15) is 13.2 Å². The fourth-order valence-corrected chi connectivity index (χ4v) is 4.24. The van der Waals surface area contributed by atoms with Crippen LogP contribution in [0.15, 0.2) is 23.2 Å². The van der Waals surface area contributed by atoms with Gasteiger partial charge in [-0.05, 0) is 25.0 Å². The smallest absolute Gasteiger partial charge is 0.333 e. The second-order valence-corrected chi connectivity index (χ2v) is 6.79. The van der Waals surface area contributed by atoms with E-state index < -0.39 is 11.7 Å². The second-order valence-electron chi connectivity index (χ2n) is 5.42. The van der Waals surface area contributed by atoms with Gasteiger partial charge < -0.3 is 5.32 Å². The predicted molar refractivity (Wildman–Crippen MR) is 81.2 cm³/mol. The average molecular weight is 335 g/mol. The Hall–Kier alpha value is -0.880. The molecule has 3 rings (SSSR count). The maximum atomic E-state index is 13.1. The van der Waals surface area contributed by atoms with Crippen molar-refractivity contribution in [2.45, 2.75) is 37.4 Å². The van der Waals surface area contributed by atoms with Gasteiger partial charge in [0.25, 0.3) is 0 Å². The van der Waals surface area contributed by atoms with E-state index in [2.05, 4.69) is 10.3 Å². The molecule has 7 heteroatoms. The summed E-state index contributed by atoms with van der Waals surface area (Å²) >= 11 is 7.41. The fourth-order valence-electron chi connectivity index (χ4n) is 2.83. The standard InChI is InChI=1S/C14H14ClF3N2S/c15-10-5-3-4-9(14(16,17)18)11(10)19-12-20-13(8-21-12)6-1-2-7-13/h3-5H,1-2,6-8H2,(H,19,20). The number of para-hydroxylation sites is 1. The van der Waals surface area contributed by atoms with Crippen molar-refractivity contribution in [1.82, 2.24) is 0 Å². The molecule has 1 heterocycles. The molecule has 0 aromatic heterocycles. The SMILES string of the molecule is FC(F)(F)c1cccc(Cl)c1NC1=NC2(CCCC2)CS1. The Morgan fingerprint density at radius 2 is 1.95 bits per heavy atom. The van der Waals surface area contributed by atoms with Gasteiger partial charge in [0.05, 0.1) is 21.8 Å². The van der Waals surface area contributed by atoms with Crippen molar-refractivity contribution in [3.8, 4) is 0 Å². The van der Waals surface area contributed by atoms with Crippen molar-refractivity contribution >= 4 is 34.2 Å². The van der Waals surface area contributed by atoms with Gasteiger partial charge in [0.15, 0.2) is 5.17 Å². The molecule has 1 spiro atoms. The lowest BCUT2D eigenvalue weighted by molar-refractivity contribution is -0.136. The molecule has 1 aliphatic heterocycles. The molecular weight excluding hydrogens is 321 g/mol. The first-order valence-corrected chi connectivity index (χ1v) is 8.11. The molecular formula is C14H14ClF3N2S. The number of anilines is 1. The first-order chi connectivity index (χ1) is 9.90. The number of hydrogen-bond acceptors (Lipinski definition) is 3. The number of alkyl halides is 3. The first kappa shape index (κ1) is 15.0. The van der Waals surface area contributed by atoms with Crippen molar-refractivity contribution in [2.75, 3.05) is 11.1 Å². The number of nitrogens with zero attached hydrogens (tertiary/aromatic N) is 1. The van der Waals surface area contributed by atoms with E-state index in [1.807, 2.05) is 0 Å². The molecule has 0 saturated heterocycles. The monoisotopic (exact) mass is 334 g/mol. The number of rotatable bonds is 1. The molecule has 1 saturated carbocycles. The maximum Gasteiger partial charge on any atom is 0.418 e. The van der Waals surface area contributed by atoms with Gasteiger partial charge in [-0.3, -0.25) is 4.99 Å². The third kappa shape index (κ3) is 3.01. The lowest BCUT2D eigenvalue weighted by atomic mass is 10.0. The van der Waals surface area contributed by atoms with E-state index in [0.29, 0.717) is 5.17 Å². The van der Waals surface area contributed by atoms with Crippen LogP contribution < -0.4 is 5.32 Å². The minimum absolute atomic E-state index is 0.0560. The summed E-state index contributed by atoms with van der Waals surface area (Å²) in [6, 6.07) is 3.78. The van der Waals surface area contributed by atoms with Gasteiger partial charge >= 0.3 is 6.18 Å². The van der Waals surface area contributed by atoms with Crippen molar-refractivity contribution < 1.29 is 13.2 Å². The molecule has 0 amide bonds. The highest BCUT2D eigenvalue weighted by Gasteiger charge is 2.39. The number of amidine groups is 1. The molecule has 1 aromatic carbocycles. The number of thioether (sulfide) groups is 1. The number of benzene rings is 1. The predicted octanol–water partition coefficient (Wildman–Crippen LogP) is 5.19. The normalized spacial score (nSPS) is 20.9. The molecule has 1 aromatic rings. The minimum atomic E-state index is -4.44. The van der Waals surface area contributed by atoms with Crippen LogP contribution in [0.4, 0.5) is 18.9 Å². The number of halogens is 4. The number of aliphatic imine (C=N–C) groups is 1. The molecule has 1 aliphatic carbocycles. The molecule has 114 valence electrons. The maximum absolute atomic E-state index is 13.1. The first-order valence-electron chi connectivity index (χ1n) is 6.75. The van der Waals surface area contributed by atoms with Crippen LogP contribution in [0.2, 0.25) is 5.02 Å². The zero-order chi connectivity index (χ0) is 15.1. The second kappa shape index (κ2) is 5.39. The van der Waals surface area contributed by atoms with Crippen LogP contribution in [-0.2, 0) is 6.18 Å². The molecule has 0 unspecified atom stereocenters. The highest BCUT2D eigenvalue weighted by molar-refractivity contribution is 8.14.